The molecule has 18 nitrogen and oxygen atoms in total. The number of ether oxygens (including phenoxy) is 3. The normalized spacial score (nSPS) is 13.7. The van der Waals surface area contributed by atoms with Gasteiger partial charge < -0.3 is 24.4 Å². The number of hydrogen-bond acceptors (Lipinski definition) is 14. The largest absolute Gasteiger partial charge is 0.507 e. The van der Waals surface area contributed by atoms with Crippen LogP contribution in [0.3, 0.4) is 0 Å². The zero-order valence-electron chi connectivity index (χ0n) is 44.8. The van der Waals surface area contributed by atoms with E-state index in [-0.39, 0.29) is 70.6 Å². The molecule has 6 rings (SSSR count). The predicted molar refractivity (Wildman–Crippen MR) is 274 cm³/mol. The maximum Gasteiger partial charge on any atom is 0.338 e. The Morgan fingerprint density at radius 1 is 0.493 bits per heavy atom. The molecule has 0 radical (unpaired) electrons. The van der Waals surface area contributed by atoms with Crippen LogP contribution < -0.4 is 10.9 Å². The van der Waals surface area contributed by atoms with Gasteiger partial charge in [0.15, 0.2) is 6.10 Å². The van der Waals surface area contributed by atoms with Gasteiger partial charge in [-0.25, -0.2) is 9.59 Å². The molecule has 2 aliphatic rings. The molecule has 0 spiro atoms. The molecule has 0 saturated heterocycles. The van der Waals surface area contributed by atoms with Crippen LogP contribution in [0.15, 0.2) is 60.7 Å². The molecule has 0 unspecified atom stereocenters. The quantitative estimate of drug-likeness (QED) is 0.0505. The van der Waals surface area contributed by atoms with E-state index in [4.69, 9.17) is 14.2 Å². The van der Waals surface area contributed by atoms with Crippen molar-refractivity contribution in [1.29, 1.82) is 0 Å². The summed E-state index contributed by atoms with van der Waals surface area (Å²) in [5.74, 6) is -7.07. The van der Waals surface area contributed by atoms with Crippen LogP contribution in [-0.4, -0.2) is 92.9 Å². The highest BCUT2D eigenvalue weighted by atomic mass is 16.6. The fraction of sp³-hybridized carbons (Fsp3) is 0.421. The molecule has 0 atom stereocenters. The van der Waals surface area contributed by atoms with Crippen molar-refractivity contribution in [3.63, 3.8) is 0 Å². The van der Waals surface area contributed by atoms with E-state index in [2.05, 4.69) is 10.9 Å². The Hall–Kier alpha value is -7.89. The minimum absolute atomic E-state index is 0.0776. The van der Waals surface area contributed by atoms with E-state index >= 15 is 0 Å². The first kappa shape index (κ1) is 56.4. The fourth-order valence-electron chi connectivity index (χ4n) is 8.63. The first-order chi connectivity index (χ1) is 34.7. The predicted octanol–water partition coefficient (Wildman–Crippen LogP) is 7.75. The number of hydrazine groups is 2. The van der Waals surface area contributed by atoms with Crippen LogP contribution in [-0.2, 0) is 63.1 Å². The molecule has 0 fully saturated rings. The zero-order valence-corrected chi connectivity index (χ0v) is 44.8. The molecule has 4 N–H and O–H groups in total. The summed E-state index contributed by atoms with van der Waals surface area (Å²) in [6.07, 6.45) is -1.04. The van der Waals surface area contributed by atoms with Crippen LogP contribution in [0, 0.1) is 0 Å². The molecule has 0 aliphatic carbocycles. The molecule has 75 heavy (non-hydrogen) atoms. The molecule has 6 amide bonds. The second kappa shape index (κ2) is 21.2. The molecule has 398 valence electrons. The average Bonchev–Trinajstić information content (AvgIpc) is 3.68. The van der Waals surface area contributed by atoms with E-state index < -0.39 is 94.3 Å². The number of hydrogen-bond donors (Lipinski definition) is 4. The molecule has 4 aromatic rings. The van der Waals surface area contributed by atoms with Crippen molar-refractivity contribution >= 4 is 53.4 Å². The highest BCUT2D eigenvalue weighted by Crippen LogP contribution is 2.41. The van der Waals surface area contributed by atoms with Crippen molar-refractivity contribution in [2.75, 3.05) is 13.2 Å². The first-order valence-electron chi connectivity index (χ1n) is 24.6. The number of carbonyl (C=O) groups is 9. The molecular formula is C57H66N4O14. The third-order valence-corrected chi connectivity index (χ3v) is 12.7. The number of phenols is 2. The van der Waals surface area contributed by atoms with Gasteiger partial charge in [0, 0.05) is 19.8 Å². The summed E-state index contributed by atoms with van der Waals surface area (Å²) >= 11 is 0. The van der Waals surface area contributed by atoms with Crippen LogP contribution in [0.25, 0.3) is 0 Å². The van der Waals surface area contributed by atoms with Gasteiger partial charge in [0.25, 0.3) is 23.6 Å². The van der Waals surface area contributed by atoms with Gasteiger partial charge in [-0.3, -0.25) is 44.4 Å². The smallest absolute Gasteiger partial charge is 0.338 e. The van der Waals surface area contributed by atoms with E-state index in [0.717, 1.165) is 52.4 Å². The van der Waals surface area contributed by atoms with Crippen LogP contribution in [0.4, 0.5) is 0 Å². The monoisotopic (exact) mass is 1030 g/mol. The molecule has 0 bridgehead atoms. The van der Waals surface area contributed by atoms with E-state index in [1.807, 2.05) is 107 Å². The summed E-state index contributed by atoms with van der Waals surface area (Å²) in [4.78, 5) is 118. The Balaban J connectivity index is 1.03. The number of aryl methyl sites for hydroxylation is 2. The SMILES string of the molecule is CC(=O)OC(COC(=O)c1ccc2c(c1)C(=O)N(NC(=O)CCc1cc(C(C)(C)C)c(O)c(C(C)(C)C)c1)C2=O)COC(=O)c1ccc2c(c1)C(=O)N(NC(=O)CCc1cc(C(C)(C)C)c(O)c(C(C)(C)C)c1)C2=O. The van der Waals surface area contributed by atoms with Gasteiger partial charge in [0.05, 0.1) is 33.4 Å². The summed E-state index contributed by atoms with van der Waals surface area (Å²) in [7, 11) is 0. The lowest BCUT2D eigenvalue weighted by molar-refractivity contribution is -0.151. The van der Waals surface area contributed by atoms with E-state index in [1.165, 1.54) is 24.3 Å². The maximum atomic E-state index is 13.4. The number of nitrogens with one attached hydrogen (secondary N) is 2. The van der Waals surface area contributed by atoms with Crippen molar-refractivity contribution in [2.24, 2.45) is 0 Å². The van der Waals surface area contributed by atoms with Gasteiger partial charge in [-0.15, -0.1) is 0 Å². The van der Waals surface area contributed by atoms with Crippen molar-refractivity contribution in [2.45, 2.75) is 143 Å². The Labute approximate surface area is 436 Å². The van der Waals surface area contributed by atoms with Crippen molar-refractivity contribution in [1.82, 2.24) is 20.9 Å². The summed E-state index contributed by atoms with van der Waals surface area (Å²) in [6.45, 7) is 23.5. The maximum absolute atomic E-state index is 13.4. The second-order valence-corrected chi connectivity index (χ2v) is 23.0. The van der Waals surface area contributed by atoms with E-state index in [1.54, 1.807) is 0 Å². The van der Waals surface area contributed by atoms with Gasteiger partial charge in [0.1, 0.15) is 24.7 Å². The van der Waals surface area contributed by atoms with Crippen molar-refractivity contribution in [3.8, 4) is 11.5 Å². The lowest BCUT2D eigenvalue weighted by Crippen LogP contribution is -2.45. The molecule has 2 heterocycles. The fourth-order valence-corrected chi connectivity index (χ4v) is 8.63. The minimum atomic E-state index is -1.33. The van der Waals surface area contributed by atoms with Crippen LogP contribution in [0.2, 0.25) is 0 Å². The Morgan fingerprint density at radius 2 is 0.800 bits per heavy atom. The summed E-state index contributed by atoms with van der Waals surface area (Å²) in [6, 6.07) is 14.6. The molecular weight excluding hydrogens is 965 g/mol. The lowest BCUT2D eigenvalue weighted by atomic mass is 9.78. The number of aromatic hydroxyl groups is 2. The molecule has 18 heteroatoms. The average molecular weight is 1030 g/mol. The highest BCUT2D eigenvalue weighted by molar-refractivity contribution is 6.23. The van der Waals surface area contributed by atoms with Gasteiger partial charge in [-0.2, -0.15) is 10.0 Å². The minimum Gasteiger partial charge on any atom is -0.507 e. The highest BCUT2D eigenvalue weighted by Gasteiger charge is 2.40. The topological polar surface area (TPSA) is 252 Å². The molecule has 0 aromatic heterocycles. The summed E-state index contributed by atoms with van der Waals surface area (Å²) in [5.41, 5.74) is 6.78. The third kappa shape index (κ3) is 12.7. The Kier molecular flexibility index (Phi) is 15.9. The first-order valence-corrected chi connectivity index (χ1v) is 24.6. The number of benzene rings is 4. The van der Waals surface area contributed by atoms with E-state index in [0.29, 0.717) is 10.0 Å². The summed E-state index contributed by atoms with van der Waals surface area (Å²) in [5, 5.41) is 23.3. The zero-order chi connectivity index (χ0) is 55.9. The van der Waals surface area contributed by atoms with Gasteiger partial charge in [-0.1, -0.05) is 107 Å². The van der Waals surface area contributed by atoms with Crippen molar-refractivity contribution in [3.05, 3.63) is 127 Å². The number of imide groups is 2. The summed E-state index contributed by atoms with van der Waals surface area (Å²) < 4.78 is 15.9. The molecule has 0 saturated carbocycles. The Bertz CT molecular complexity index is 2770. The standard InChI is InChI=1S/C57H66N4O14/c1-30(62)75-35(28-73-52(71)33-16-18-36-38(26-33)50(69)60(48(36)67)58-44(63)20-14-31-22-40(54(2,3)4)46(65)41(23-31)55(5,6)7)29-74-53(72)34-17-19-37-39(27-34)51(70)61(49(37)68)59-45(64)21-15-32-24-42(56(8,9)10)47(66)43(25-32)57(11,12)13/h16-19,22-27,35,65-66H,14-15,20-21,28-29H2,1-13H3,(H,58,63)(H,59,64). The van der Waals surface area contributed by atoms with Gasteiger partial charge in [-0.05, 0) is 104 Å². The van der Waals surface area contributed by atoms with Crippen LogP contribution in [0.1, 0.15) is 198 Å². The molecule has 4 aromatic carbocycles. The van der Waals surface area contributed by atoms with Gasteiger partial charge >= 0.3 is 17.9 Å². The number of amides is 6. The lowest BCUT2D eigenvalue weighted by Gasteiger charge is -2.28. The van der Waals surface area contributed by atoms with Crippen LogP contribution in [0.5, 0.6) is 11.5 Å². The third-order valence-electron chi connectivity index (χ3n) is 12.7. The number of phenolic OH excluding ortho intramolecular Hbond substituents is 2. The number of carbonyl (C=O) groups excluding carboxylic acids is 9. The second-order valence-electron chi connectivity index (χ2n) is 23.0. The Morgan fingerprint density at radius 3 is 1.09 bits per heavy atom. The van der Waals surface area contributed by atoms with Crippen LogP contribution >= 0.6 is 0 Å². The number of fused-ring (bicyclic) bond motifs is 2. The number of nitrogens with zero attached hydrogens (tertiary/aromatic N) is 2. The van der Waals surface area contributed by atoms with E-state index in [9.17, 15) is 53.4 Å². The molecule has 2 aliphatic heterocycles. The number of esters is 3. The number of rotatable bonds is 15. The van der Waals surface area contributed by atoms with Gasteiger partial charge in [0.2, 0.25) is 11.8 Å². The van der Waals surface area contributed by atoms with Crippen molar-refractivity contribution < 1.29 is 67.6 Å².